The van der Waals surface area contributed by atoms with Gasteiger partial charge in [-0.3, -0.25) is 0 Å². The molecule has 0 radical (unpaired) electrons. The van der Waals surface area contributed by atoms with E-state index < -0.39 is 0 Å². The van der Waals surface area contributed by atoms with Crippen molar-refractivity contribution in [1.29, 1.82) is 0 Å². The van der Waals surface area contributed by atoms with Crippen LogP contribution in [0.1, 0.15) is 65.4 Å². The Morgan fingerprint density at radius 2 is 2.00 bits per heavy atom. The molecule has 1 aromatic heterocycles. The Kier molecular flexibility index (Phi) is 8.16. The molecule has 2 N–H and O–H groups in total. The zero-order chi connectivity index (χ0) is 20.6. The average molecular weight is 402 g/mol. The number of nitrogens with one attached hydrogen (secondary N) is 2. The van der Waals surface area contributed by atoms with Crippen LogP contribution in [0.15, 0.2) is 23.3 Å². The molecular weight excluding hydrogens is 362 g/mol. The highest BCUT2D eigenvalue weighted by atomic mass is 16.5. The van der Waals surface area contributed by atoms with Gasteiger partial charge in [0, 0.05) is 44.0 Å². The maximum atomic E-state index is 5.98. The molecule has 1 aliphatic heterocycles. The highest BCUT2D eigenvalue weighted by molar-refractivity contribution is 5.80. The standard InChI is InChI=1S/C23H39N5O/c1-5-24-23(27-20-9-12-28(13-10-20)21-6-7-21)26-16-19-8-11-25-22(15-19)29-18(4)14-17(2)3/h8,11,15,17-18,20-21H,5-7,9-10,12-14,16H2,1-4H3,(H2,24,26,27). The number of likely N-dealkylation sites (tertiary alicyclic amines) is 1. The summed E-state index contributed by atoms with van der Waals surface area (Å²) in [5.74, 6) is 2.21. The summed E-state index contributed by atoms with van der Waals surface area (Å²) in [6, 6.07) is 5.42. The van der Waals surface area contributed by atoms with Crippen LogP contribution in [0.4, 0.5) is 0 Å². The largest absolute Gasteiger partial charge is 0.475 e. The molecule has 1 atom stereocenters. The van der Waals surface area contributed by atoms with Crippen molar-refractivity contribution in [2.75, 3.05) is 19.6 Å². The van der Waals surface area contributed by atoms with Gasteiger partial charge in [-0.25, -0.2) is 9.98 Å². The van der Waals surface area contributed by atoms with Crippen molar-refractivity contribution in [3.63, 3.8) is 0 Å². The number of aliphatic imine (C=N–C) groups is 1. The summed E-state index contributed by atoms with van der Waals surface area (Å²) in [5, 5.41) is 7.03. The minimum absolute atomic E-state index is 0.168. The number of hydrogen-bond acceptors (Lipinski definition) is 4. The smallest absolute Gasteiger partial charge is 0.213 e. The predicted octanol–water partition coefficient (Wildman–Crippen LogP) is 3.58. The van der Waals surface area contributed by atoms with Crippen LogP contribution in [0.25, 0.3) is 0 Å². The minimum Gasteiger partial charge on any atom is -0.475 e. The third-order valence-corrected chi connectivity index (χ3v) is 5.62. The zero-order valence-corrected chi connectivity index (χ0v) is 18.7. The number of guanidine groups is 1. The van der Waals surface area contributed by atoms with Crippen LogP contribution < -0.4 is 15.4 Å². The molecule has 162 valence electrons. The molecule has 6 heteroatoms. The molecule has 1 saturated carbocycles. The second kappa shape index (κ2) is 10.8. The Hall–Kier alpha value is -1.82. The van der Waals surface area contributed by atoms with Crippen molar-refractivity contribution in [1.82, 2.24) is 20.5 Å². The quantitative estimate of drug-likeness (QED) is 0.489. The molecule has 1 saturated heterocycles. The van der Waals surface area contributed by atoms with Gasteiger partial charge in [0.2, 0.25) is 5.88 Å². The third-order valence-electron chi connectivity index (χ3n) is 5.62. The monoisotopic (exact) mass is 401 g/mol. The predicted molar refractivity (Wildman–Crippen MR) is 119 cm³/mol. The Morgan fingerprint density at radius 1 is 1.24 bits per heavy atom. The first-order valence-electron chi connectivity index (χ1n) is 11.4. The molecule has 0 aromatic carbocycles. The first-order valence-corrected chi connectivity index (χ1v) is 11.4. The average Bonchev–Trinajstić information content (AvgIpc) is 3.52. The maximum absolute atomic E-state index is 5.98. The summed E-state index contributed by atoms with van der Waals surface area (Å²) < 4.78 is 5.98. The van der Waals surface area contributed by atoms with Crippen LogP contribution in [-0.4, -0.2) is 53.7 Å². The van der Waals surface area contributed by atoms with Gasteiger partial charge in [0.1, 0.15) is 0 Å². The fourth-order valence-corrected chi connectivity index (χ4v) is 4.06. The van der Waals surface area contributed by atoms with Gasteiger partial charge in [-0.15, -0.1) is 0 Å². The Labute approximate surface area is 176 Å². The lowest BCUT2D eigenvalue weighted by molar-refractivity contribution is 0.185. The van der Waals surface area contributed by atoms with Gasteiger partial charge in [0.15, 0.2) is 5.96 Å². The number of rotatable bonds is 9. The molecule has 1 aromatic rings. The Morgan fingerprint density at radius 3 is 2.66 bits per heavy atom. The van der Waals surface area contributed by atoms with Crippen molar-refractivity contribution in [2.45, 2.75) is 84.5 Å². The van der Waals surface area contributed by atoms with Gasteiger partial charge in [-0.1, -0.05) is 13.8 Å². The van der Waals surface area contributed by atoms with Gasteiger partial charge in [-0.05, 0) is 63.5 Å². The lowest BCUT2D eigenvalue weighted by Crippen LogP contribution is -2.49. The molecule has 2 aliphatic rings. The molecule has 0 spiro atoms. The molecule has 1 unspecified atom stereocenters. The molecule has 0 amide bonds. The summed E-state index contributed by atoms with van der Waals surface area (Å²) in [5.41, 5.74) is 1.12. The molecule has 1 aliphatic carbocycles. The van der Waals surface area contributed by atoms with E-state index in [0.29, 0.717) is 24.4 Å². The third kappa shape index (κ3) is 7.50. The molecule has 29 heavy (non-hydrogen) atoms. The number of nitrogens with zero attached hydrogens (tertiary/aromatic N) is 3. The minimum atomic E-state index is 0.168. The fraction of sp³-hybridized carbons (Fsp3) is 0.739. The summed E-state index contributed by atoms with van der Waals surface area (Å²) in [6.07, 6.45) is 8.20. The van der Waals surface area contributed by atoms with Gasteiger partial charge in [0.05, 0.1) is 12.6 Å². The molecular formula is C23H39N5O. The first-order chi connectivity index (χ1) is 14.0. The van der Waals surface area contributed by atoms with E-state index in [1.54, 1.807) is 0 Å². The molecule has 0 bridgehead atoms. The van der Waals surface area contributed by atoms with Gasteiger partial charge in [-0.2, -0.15) is 0 Å². The zero-order valence-electron chi connectivity index (χ0n) is 18.7. The van der Waals surface area contributed by atoms with E-state index in [2.05, 4.69) is 48.2 Å². The van der Waals surface area contributed by atoms with Crippen LogP contribution in [0.5, 0.6) is 5.88 Å². The summed E-state index contributed by atoms with van der Waals surface area (Å²) in [6.45, 7) is 12.5. The summed E-state index contributed by atoms with van der Waals surface area (Å²) >= 11 is 0. The SMILES string of the molecule is CCNC(=NCc1ccnc(OC(C)CC(C)C)c1)NC1CCN(C2CC2)CC1. The lowest BCUT2D eigenvalue weighted by atomic mass is 10.1. The van der Waals surface area contributed by atoms with E-state index in [9.17, 15) is 0 Å². The second-order valence-corrected chi connectivity index (χ2v) is 8.94. The van der Waals surface area contributed by atoms with Crippen LogP contribution in [0.2, 0.25) is 0 Å². The molecule has 3 rings (SSSR count). The molecule has 2 heterocycles. The van der Waals surface area contributed by atoms with Gasteiger partial charge < -0.3 is 20.3 Å². The fourth-order valence-electron chi connectivity index (χ4n) is 4.06. The Bertz CT molecular complexity index is 650. The topological polar surface area (TPSA) is 61.8 Å². The van der Waals surface area contributed by atoms with Crippen LogP contribution in [-0.2, 0) is 6.54 Å². The number of hydrogen-bond donors (Lipinski definition) is 2. The number of aromatic nitrogens is 1. The van der Waals surface area contributed by atoms with Gasteiger partial charge in [0.25, 0.3) is 0 Å². The van der Waals surface area contributed by atoms with Crippen molar-refractivity contribution < 1.29 is 4.74 Å². The first kappa shape index (κ1) is 21.9. The number of piperidine rings is 1. The van der Waals surface area contributed by atoms with E-state index in [1.165, 1.54) is 38.8 Å². The van der Waals surface area contributed by atoms with Crippen molar-refractivity contribution in [3.8, 4) is 5.88 Å². The normalized spacial score (nSPS) is 20.0. The highest BCUT2D eigenvalue weighted by Gasteiger charge is 2.31. The maximum Gasteiger partial charge on any atom is 0.213 e. The Balaban J connectivity index is 1.52. The van der Waals surface area contributed by atoms with Crippen molar-refractivity contribution >= 4 is 5.96 Å². The summed E-state index contributed by atoms with van der Waals surface area (Å²) in [4.78, 5) is 11.8. The van der Waals surface area contributed by atoms with E-state index in [0.717, 1.165) is 30.5 Å². The van der Waals surface area contributed by atoms with E-state index >= 15 is 0 Å². The van der Waals surface area contributed by atoms with E-state index in [1.807, 2.05) is 18.3 Å². The van der Waals surface area contributed by atoms with Crippen LogP contribution >= 0.6 is 0 Å². The molecule has 2 fully saturated rings. The van der Waals surface area contributed by atoms with Crippen molar-refractivity contribution in [3.05, 3.63) is 23.9 Å². The van der Waals surface area contributed by atoms with Crippen LogP contribution in [0.3, 0.4) is 0 Å². The number of ether oxygens (including phenoxy) is 1. The van der Waals surface area contributed by atoms with Crippen molar-refractivity contribution in [2.24, 2.45) is 10.9 Å². The molecule has 6 nitrogen and oxygen atoms in total. The second-order valence-electron chi connectivity index (χ2n) is 8.94. The number of pyridine rings is 1. The highest BCUT2D eigenvalue weighted by Crippen LogP contribution is 2.29. The lowest BCUT2D eigenvalue weighted by Gasteiger charge is -2.33. The van der Waals surface area contributed by atoms with Crippen LogP contribution in [0, 0.1) is 5.92 Å². The van der Waals surface area contributed by atoms with Gasteiger partial charge >= 0.3 is 0 Å². The van der Waals surface area contributed by atoms with E-state index in [4.69, 9.17) is 9.73 Å². The summed E-state index contributed by atoms with van der Waals surface area (Å²) in [7, 11) is 0. The van der Waals surface area contributed by atoms with E-state index in [-0.39, 0.29) is 6.10 Å².